The first-order valence-corrected chi connectivity index (χ1v) is 6.56. The largest absolute Gasteiger partial charge is 0.478 e. The van der Waals surface area contributed by atoms with E-state index in [9.17, 15) is 9.90 Å². The third-order valence-electron chi connectivity index (χ3n) is 3.37. The average molecular weight is 282 g/mol. The van der Waals surface area contributed by atoms with Gasteiger partial charge in [-0.15, -0.1) is 0 Å². The molecule has 0 spiro atoms. The minimum Gasteiger partial charge on any atom is -0.478 e. The molecule has 2 aromatic carbocycles. The number of carboxylic acids is 1. The second-order valence-electron chi connectivity index (χ2n) is 4.79. The summed E-state index contributed by atoms with van der Waals surface area (Å²) in [5.74, 6) is 0.361. The van der Waals surface area contributed by atoms with Crippen LogP contribution in [0.25, 0.3) is 11.6 Å². The number of aliphatic carboxylic acids is 1. The van der Waals surface area contributed by atoms with Gasteiger partial charge in [0.1, 0.15) is 0 Å². The van der Waals surface area contributed by atoms with Crippen LogP contribution in [0.2, 0.25) is 0 Å². The summed E-state index contributed by atoms with van der Waals surface area (Å²) < 4.78 is 10.6. The van der Waals surface area contributed by atoms with Gasteiger partial charge in [0, 0.05) is 0 Å². The highest BCUT2D eigenvalue weighted by molar-refractivity contribution is 6.21. The van der Waals surface area contributed by atoms with Gasteiger partial charge in [0.25, 0.3) is 0 Å². The molecule has 1 aliphatic heterocycles. The van der Waals surface area contributed by atoms with Gasteiger partial charge < -0.3 is 14.6 Å². The number of aryl methyl sites for hydroxylation is 1. The molecule has 106 valence electrons. The molecule has 0 amide bonds. The molecule has 0 unspecified atom stereocenters. The van der Waals surface area contributed by atoms with Crippen molar-refractivity contribution in [3.8, 4) is 11.5 Å². The fraction of sp³-hybridized carbons (Fsp3) is 0.118. The van der Waals surface area contributed by atoms with E-state index in [0.29, 0.717) is 17.1 Å². The molecule has 0 saturated carbocycles. The summed E-state index contributed by atoms with van der Waals surface area (Å²) in [5, 5.41) is 9.48. The molecule has 3 rings (SSSR count). The van der Waals surface area contributed by atoms with Crippen molar-refractivity contribution in [2.75, 3.05) is 6.79 Å². The number of ether oxygens (including phenoxy) is 2. The lowest BCUT2D eigenvalue weighted by molar-refractivity contribution is -0.130. The highest BCUT2D eigenvalue weighted by atomic mass is 16.7. The molecular weight excluding hydrogens is 268 g/mol. The molecule has 21 heavy (non-hydrogen) atoms. The van der Waals surface area contributed by atoms with Gasteiger partial charge in [-0.2, -0.15) is 0 Å². The molecule has 1 N–H and O–H groups in total. The molecule has 1 aliphatic rings. The zero-order chi connectivity index (χ0) is 14.8. The summed E-state index contributed by atoms with van der Waals surface area (Å²) in [5.41, 5.74) is 2.65. The molecule has 0 fully saturated rings. The molecule has 0 aromatic heterocycles. The van der Waals surface area contributed by atoms with Crippen molar-refractivity contribution in [2.45, 2.75) is 6.92 Å². The molecule has 4 nitrogen and oxygen atoms in total. The Labute approximate surface area is 122 Å². The molecule has 0 aliphatic carbocycles. The van der Waals surface area contributed by atoms with Crippen molar-refractivity contribution in [2.24, 2.45) is 0 Å². The summed E-state index contributed by atoms with van der Waals surface area (Å²) in [4.78, 5) is 11.6. The molecular formula is C17H14O4. The average Bonchev–Trinajstić information content (AvgIpc) is 2.93. The standard InChI is InChI=1S/C17H14O4/c1-11-4-2-3-5-13(11)14(17(18)19)8-12-6-7-15-16(9-12)21-10-20-15/h2-9H,10H2,1H3,(H,18,19)/b14-8+. The van der Waals surface area contributed by atoms with Crippen LogP contribution < -0.4 is 9.47 Å². The summed E-state index contributed by atoms with van der Waals surface area (Å²) in [7, 11) is 0. The van der Waals surface area contributed by atoms with Crippen LogP contribution in [-0.2, 0) is 4.79 Å². The number of carboxylic acid groups (broad SMARTS) is 1. The molecule has 0 radical (unpaired) electrons. The van der Waals surface area contributed by atoms with E-state index in [-0.39, 0.29) is 12.4 Å². The van der Waals surface area contributed by atoms with Crippen molar-refractivity contribution in [1.82, 2.24) is 0 Å². The third-order valence-corrected chi connectivity index (χ3v) is 3.37. The molecule has 0 bridgehead atoms. The molecule has 0 saturated heterocycles. The zero-order valence-electron chi connectivity index (χ0n) is 11.5. The van der Waals surface area contributed by atoms with Crippen molar-refractivity contribution in [1.29, 1.82) is 0 Å². The van der Waals surface area contributed by atoms with E-state index in [4.69, 9.17) is 9.47 Å². The Morgan fingerprint density at radius 1 is 1.14 bits per heavy atom. The van der Waals surface area contributed by atoms with Gasteiger partial charge in [0.05, 0.1) is 5.57 Å². The number of carbonyl (C=O) groups is 1. The van der Waals surface area contributed by atoms with E-state index in [1.54, 1.807) is 18.2 Å². The monoisotopic (exact) mass is 282 g/mol. The van der Waals surface area contributed by atoms with Gasteiger partial charge >= 0.3 is 5.97 Å². The number of fused-ring (bicyclic) bond motifs is 1. The van der Waals surface area contributed by atoms with E-state index in [1.165, 1.54) is 0 Å². The van der Waals surface area contributed by atoms with Gasteiger partial charge in [-0.1, -0.05) is 30.3 Å². The van der Waals surface area contributed by atoms with Crippen molar-refractivity contribution in [3.05, 3.63) is 59.2 Å². The normalized spacial score (nSPS) is 13.3. The maximum Gasteiger partial charge on any atom is 0.336 e. The Morgan fingerprint density at radius 3 is 2.67 bits per heavy atom. The maximum atomic E-state index is 11.6. The van der Waals surface area contributed by atoms with E-state index < -0.39 is 5.97 Å². The van der Waals surface area contributed by atoms with E-state index in [1.807, 2.05) is 37.3 Å². The fourth-order valence-electron chi connectivity index (χ4n) is 2.30. The Balaban J connectivity index is 2.05. The van der Waals surface area contributed by atoms with Crippen LogP contribution >= 0.6 is 0 Å². The van der Waals surface area contributed by atoms with Gasteiger partial charge in [0.2, 0.25) is 6.79 Å². The minimum atomic E-state index is -0.957. The quantitative estimate of drug-likeness (QED) is 0.693. The Kier molecular flexibility index (Phi) is 3.36. The highest BCUT2D eigenvalue weighted by Crippen LogP contribution is 2.33. The summed E-state index contributed by atoms with van der Waals surface area (Å²) in [6, 6.07) is 12.8. The van der Waals surface area contributed by atoms with Crippen LogP contribution in [0.1, 0.15) is 16.7 Å². The van der Waals surface area contributed by atoms with Gasteiger partial charge in [0.15, 0.2) is 11.5 Å². The smallest absolute Gasteiger partial charge is 0.336 e. The Morgan fingerprint density at radius 2 is 1.90 bits per heavy atom. The van der Waals surface area contributed by atoms with Gasteiger partial charge in [-0.05, 0) is 41.8 Å². The van der Waals surface area contributed by atoms with Crippen LogP contribution in [0.5, 0.6) is 11.5 Å². The number of rotatable bonds is 3. The second-order valence-corrected chi connectivity index (χ2v) is 4.79. The number of hydrogen-bond donors (Lipinski definition) is 1. The van der Waals surface area contributed by atoms with E-state index in [0.717, 1.165) is 11.1 Å². The van der Waals surface area contributed by atoms with Crippen LogP contribution in [0.3, 0.4) is 0 Å². The van der Waals surface area contributed by atoms with Crippen LogP contribution in [0.15, 0.2) is 42.5 Å². The maximum absolute atomic E-state index is 11.6. The Bertz CT molecular complexity index is 731. The Hall–Kier alpha value is -2.75. The van der Waals surface area contributed by atoms with Gasteiger partial charge in [-0.25, -0.2) is 4.79 Å². The third kappa shape index (κ3) is 2.60. The topological polar surface area (TPSA) is 55.8 Å². The van der Waals surface area contributed by atoms with Crippen LogP contribution in [0, 0.1) is 6.92 Å². The summed E-state index contributed by atoms with van der Waals surface area (Å²) >= 11 is 0. The summed E-state index contributed by atoms with van der Waals surface area (Å²) in [6.07, 6.45) is 1.65. The lowest BCUT2D eigenvalue weighted by Crippen LogP contribution is -2.01. The van der Waals surface area contributed by atoms with E-state index >= 15 is 0 Å². The first kappa shape index (κ1) is 13.2. The molecule has 1 heterocycles. The van der Waals surface area contributed by atoms with E-state index in [2.05, 4.69) is 0 Å². The van der Waals surface area contributed by atoms with Crippen molar-refractivity contribution in [3.63, 3.8) is 0 Å². The highest BCUT2D eigenvalue weighted by Gasteiger charge is 2.15. The second kappa shape index (κ2) is 5.32. The lowest BCUT2D eigenvalue weighted by Gasteiger charge is -2.07. The SMILES string of the molecule is Cc1ccccc1/C(=C\c1ccc2c(c1)OCO2)C(=O)O. The van der Waals surface area contributed by atoms with Crippen molar-refractivity contribution < 1.29 is 19.4 Å². The number of hydrogen-bond acceptors (Lipinski definition) is 3. The molecule has 0 atom stereocenters. The number of benzene rings is 2. The zero-order valence-corrected chi connectivity index (χ0v) is 11.5. The van der Waals surface area contributed by atoms with Gasteiger partial charge in [-0.3, -0.25) is 0 Å². The molecule has 4 heteroatoms. The predicted octanol–water partition coefficient (Wildman–Crippen LogP) is 3.35. The molecule has 2 aromatic rings. The fourth-order valence-corrected chi connectivity index (χ4v) is 2.30. The minimum absolute atomic E-state index is 0.200. The van der Waals surface area contributed by atoms with Crippen molar-refractivity contribution >= 4 is 17.6 Å². The predicted molar refractivity (Wildman–Crippen MR) is 79.3 cm³/mol. The lowest BCUT2D eigenvalue weighted by atomic mass is 9.98. The first-order valence-electron chi connectivity index (χ1n) is 6.56. The summed E-state index contributed by atoms with van der Waals surface area (Å²) in [6.45, 7) is 2.10. The van der Waals surface area contributed by atoms with Crippen LogP contribution in [0.4, 0.5) is 0 Å². The first-order chi connectivity index (χ1) is 10.1. The van der Waals surface area contributed by atoms with Crippen LogP contribution in [-0.4, -0.2) is 17.9 Å².